The van der Waals surface area contributed by atoms with Gasteiger partial charge < -0.3 is 10.1 Å². The number of rotatable bonds is 8. The molecular formula is C31H39NO2S. The topological polar surface area (TPSA) is 38.3 Å². The molecule has 4 rings (SSSR count). The van der Waals surface area contributed by atoms with Crippen LogP contribution in [0.4, 0.5) is 11.4 Å². The maximum atomic E-state index is 11.6. The van der Waals surface area contributed by atoms with Crippen molar-refractivity contribution < 1.29 is 8.95 Å². The predicted octanol–water partition coefficient (Wildman–Crippen LogP) is 7.66. The molecule has 2 aliphatic rings. The number of aryl methyl sites for hydroxylation is 1. The van der Waals surface area contributed by atoms with E-state index in [9.17, 15) is 4.21 Å². The van der Waals surface area contributed by atoms with Crippen LogP contribution in [0, 0.1) is 12.8 Å². The van der Waals surface area contributed by atoms with Crippen molar-refractivity contribution in [1.82, 2.24) is 0 Å². The number of anilines is 2. The van der Waals surface area contributed by atoms with Gasteiger partial charge in [-0.25, -0.2) is 0 Å². The highest BCUT2D eigenvalue weighted by Gasteiger charge is 2.19. The Morgan fingerprint density at radius 3 is 2.80 bits per heavy atom. The van der Waals surface area contributed by atoms with Gasteiger partial charge in [-0.1, -0.05) is 42.8 Å². The molecule has 0 aromatic heterocycles. The molecule has 3 nitrogen and oxygen atoms in total. The molecule has 0 fully saturated rings. The second-order valence-corrected chi connectivity index (χ2v) is 11.5. The van der Waals surface area contributed by atoms with Crippen LogP contribution in [0.15, 0.2) is 66.0 Å². The molecule has 0 amide bonds. The monoisotopic (exact) mass is 489 g/mol. The fourth-order valence-corrected chi connectivity index (χ4v) is 5.95. The van der Waals surface area contributed by atoms with Crippen molar-refractivity contribution in [3.63, 3.8) is 0 Å². The quantitative estimate of drug-likeness (QED) is 0.387. The molecule has 0 spiro atoms. The third kappa shape index (κ3) is 6.55. The Labute approximate surface area is 213 Å². The summed E-state index contributed by atoms with van der Waals surface area (Å²) in [7, 11) is 1.05. The number of allylic oxidation sites excluding steroid dienone is 5. The minimum atomic E-state index is -0.707. The highest BCUT2D eigenvalue weighted by atomic mass is 32.2. The van der Waals surface area contributed by atoms with Crippen molar-refractivity contribution in [2.24, 2.45) is 5.92 Å². The average molecular weight is 490 g/mol. The molecule has 0 radical (unpaired) electrons. The summed E-state index contributed by atoms with van der Waals surface area (Å²) in [6, 6.07) is 13.4. The molecule has 0 saturated carbocycles. The van der Waals surface area contributed by atoms with Gasteiger partial charge in [-0.3, -0.25) is 4.21 Å². The van der Waals surface area contributed by atoms with Gasteiger partial charge in [0.05, 0.1) is 12.9 Å². The van der Waals surface area contributed by atoms with Gasteiger partial charge in [0.2, 0.25) is 0 Å². The van der Waals surface area contributed by atoms with Crippen molar-refractivity contribution in [1.29, 1.82) is 0 Å². The van der Waals surface area contributed by atoms with Crippen LogP contribution in [-0.4, -0.2) is 23.3 Å². The first kappa shape index (κ1) is 25.5. The van der Waals surface area contributed by atoms with Crippen LogP contribution < -0.4 is 5.32 Å². The average Bonchev–Trinajstić information content (AvgIpc) is 3.20. The van der Waals surface area contributed by atoms with E-state index in [-0.39, 0.29) is 0 Å². The lowest BCUT2D eigenvalue weighted by molar-refractivity contribution is 0.283. The number of fused-ring (bicyclic) bond motifs is 1. The number of hydrogen-bond donors (Lipinski definition) is 1. The number of nitrogens with one attached hydrogen (secondary N) is 1. The maximum Gasteiger partial charge on any atom is 0.0996 e. The highest BCUT2D eigenvalue weighted by molar-refractivity contribution is 7.84. The van der Waals surface area contributed by atoms with E-state index in [1.807, 2.05) is 6.26 Å². The van der Waals surface area contributed by atoms with E-state index in [2.05, 4.69) is 73.8 Å². The molecular weight excluding hydrogens is 450 g/mol. The van der Waals surface area contributed by atoms with Crippen molar-refractivity contribution in [2.45, 2.75) is 58.8 Å². The molecule has 0 heterocycles. The number of hydrogen-bond acceptors (Lipinski definition) is 3. The lowest BCUT2D eigenvalue weighted by Gasteiger charge is -2.17. The largest absolute Gasteiger partial charge is 0.501 e. The Hall–Kier alpha value is -2.59. The van der Waals surface area contributed by atoms with Gasteiger partial charge in [-0.05, 0) is 103 Å². The van der Waals surface area contributed by atoms with Crippen molar-refractivity contribution in [3.8, 4) is 0 Å². The molecule has 2 aromatic carbocycles. The second-order valence-electron chi connectivity index (χ2n) is 9.92. The van der Waals surface area contributed by atoms with E-state index < -0.39 is 10.8 Å². The van der Waals surface area contributed by atoms with E-state index in [4.69, 9.17) is 4.74 Å². The molecule has 1 N–H and O–H groups in total. The number of ether oxygens (including phenoxy) is 1. The first-order valence-electron chi connectivity index (χ1n) is 12.9. The molecule has 35 heavy (non-hydrogen) atoms. The summed E-state index contributed by atoms with van der Waals surface area (Å²) in [5, 5.41) is 3.76. The van der Waals surface area contributed by atoms with Crippen LogP contribution in [0.5, 0.6) is 0 Å². The van der Waals surface area contributed by atoms with Crippen LogP contribution >= 0.6 is 0 Å². The first-order valence-corrected chi connectivity index (χ1v) is 14.6. The molecule has 186 valence electrons. The maximum absolute atomic E-state index is 11.6. The second kappa shape index (κ2) is 11.9. The first-order chi connectivity index (χ1) is 17.0. The standard InChI is InChI=1S/C31H39NO2S/c1-5-23-18-26(13-15-28(20-23)34-3)30-21-27(14-12-22(30)2)32-31-11-7-9-25-19-24(16-17-35(4)33)8-6-10-29(25)31/h7,9,11-15,18,21,24,32H,5-6,8,10,16-17,19-20H2,1-4H3. The normalized spacial score (nSPS) is 18.9. The summed E-state index contributed by atoms with van der Waals surface area (Å²) in [5.74, 6) is 2.46. The number of benzene rings is 2. The van der Waals surface area contributed by atoms with Gasteiger partial charge in [0, 0.05) is 40.6 Å². The van der Waals surface area contributed by atoms with Gasteiger partial charge >= 0.3 is 0 Å². The third-order valence-corrected chi connectivity index (χ3v) is 8.20. The minimum absolute atomic E-state index is 0.633. The van der Waals surface area contributed by atoms with Gasteiger partial charge in [0.25, 0.3) is 0 Å². The zero-order valence-electron chi connectivity index (χ0n) is 21.7. The fraction of sp³-hybridized carbons (Fsp3) is 0.419. The SMILES string of the molecule is CCC1=CC(c2cc(Nc3cccc4c3CCCC(CCS(C)=O)C4)ccc2C)=CC=C(OC)C1. The van der Waals surface area contributed by atoms with Gasteiger partial charge in [0.15, 0.2) is 0 Å². The Morgan fingerprint density at radius 2 is 2.03 bits per heavy atom. The summed E-state index contributed by atoms with van der Waals surface area (Å²) >= 11 is 0. The Balaban J connectivity index is 1.60. The summed E-state index contributed by atoms with van der Waals surface area (Å²) < 4.78 is 17.2. The summed E-state index contributed by atoms with van der Waals surface area (Å²) in [6.45, 7) is 4.39. The summed E-state index contributed by atoms with van der Waals surface area (Å²) in [4.78, 5) is 0. The zero-order chi connectivity index (χ0) is 24.8. The van der Waals surface area contributed by atoms with Crippen molar-refractivity contribution in [2.75, 3.05) is 24.4 Å². The molecule has 4 heteroatoms. The number of methoxy groups -OCH3 is 1. The van der Waals surface area contributed by atoms with Crippen LogP contribution in [0.25, 0.3) is 5.57 Å². The van der Waals surface area contributed by atoms with E-state index >= 15 is 0 Å². The lowest BCUT2D eigenvalue weighted by atomic mass is 9.94. The van der Waals surface area contributed by atoms with E-state index in [0.29, 0.717) is 5.92 Å². The van der Waals surface area contributed by atoms with E-state index in [1.165, 1.54) is 51.9 Å². The van der Waals surface area contributed by atoms with Crippen LogP contribution in [-0.2, 0) is 28.4 Å². The molecule has 2 aliphatic carbocycles. The van der Waals surface area contributed by atoms with Crippen molar-refractivity contribution in [3.05, 3.63) is 88.2 Å². The Kier molecular flexibility index (Phi) is 8.67. The Morgan fingerprint density at radius 1 is 1.17 bits per heavy atom. The molecule has 0 aliphatic heterocycles. The zero-order valence-corrected chi connectivity index (χ0v) is 22.5. The molecule has 2 unspecified atom stereocenters. The lowest BCUT2D eigenvalue weighted by Crippen LogP contribution is -2.08. The predicted molar refractivity (Wildman–Crippen MR) is 151 cm³/mol. The Bertz CT molecular complexity index is 1170. The highest BCUT2D eigenvalue weighted by Crippen LogP contribution is 2.34. The molecule has 2 atom stereocenters. The third-order valence-electron chi connectivity index (χ3n) is 7.39. The van der Waals surface area contributed by atoms with Gasteiger partial charge in [-0.15, -0.1) is 0 Å². The van der Waals surface area contributed by atoms with Gasteiger partial charge in [0.1, 0.15) is 0 Å². The van der Waals surface area contributed by atoms with E-state index in [1.54, 1.807) is 7.11 Å². The summed E-state index contributed by atoms with van der Waals surface area (Å²) in [6.07, 6.45) is 16.0. The van der Waals surface area contributed by atoms with Gasteiger partial charge in [-0.2, -0.15) is 0 Å². The fourth-order valence-electron chi connectivity index (χ4n) is 5.28. The molecule has 2 aromatic rings. The van der Waals surface area contributed by atoms with Crippen LogP contribution in [0.1, 0.15) is 61.3 Å². The van der Waals surface area contributed by atoms with E-state index in [0.717, 1.165) is 49.3 Å². The van der Waals surface area contributed by atoms with Crippen molar-refractivity contribution >= 4 is 27.7 Å². The molecule has 0 saturated heterocycles. The smallest absolute Gasteiger partial charge is 0.0996 e. The minimum Gasteiger partial charge on any atom is -0.501 e. The van der Waals surface area contributed by atoms with Crippen LogP contribution in [0.2, 0.25) is 0 Å². The van der Waals surface area contributed by atoms with Crippen LogP contribution in [0.3, 0.4) is 0 Å². The molecule has 0 bridgehead atoms. The summed E-state index contributed by atoms with van der Waals surface area (Å²) in [5.41, 5.74) is 10.4.